The highest BCUT2D eigenvalue weighted by Crippen LogP contribution is 2.16. The lowest BCUT2D eigenvalue weighted by Gasteiger charge is -1.89. The van der Waals surface area contributed by atoms with Crippen molar-refractivity contribution >= 4 is 11.6 Å². The lowest BCUT2D eigenvalue weighted by molar-refractivity contribution is 0.374. The Labute approximate surface area is 56.2 Å². The molecule has 1 heterocycles. The van der Waals surface area contributed by atoms with Gasteiger partial charge < -0.3 is 8.83 Å². The van der Waals surface area contributed by atoms with Crippen LogP contribution in [-0.4, -0.2) is 0 Å². The predicted octanol–water partition coefficient (Wildman–Crippen LogP) is 1.53. The van der Waals surface area contributed by atoms with Crippen molar-refractivity contribution in [3.05, 3.63) is 22.6 Å². The van der Waals surface area contributed by atoms with Crippen LogP contribution in [0.15, 0.2) is 19.9 Å². The van der Waals surface area contributed by atoms with Crippen LogP contribution < -0.4 is 5.82 Å². The van der Waals surface area contributed by atoms with Gasteiger partial charge in [0.1, 0.15) is 6.26 Å². The van der Waals surface area contributed by atoms with Crippen LogP contribution in [0.2, 0.25) is 0 Å². The molecule has 0 spiro atoms. The van der Waals surface area contributed by atoms with E-state index in [0.29, 0.717) is 5.76 Å². The zero-order chi connectivity index (χ0) is 6.85. The smallest absolute Gasteiger partial charge is 0.399 e. The summed E-state index contributed by atoms with van der Waals surface area (Å²) in [5.74, 6) is -0.348. The molecule has 1 unspecified atom stereocenters. The first-order valence-corrected chi connectivity index (χ1v) is 2.86. The fourth-order valence-electron chi connectivity index (χ4n) is 0.425. The Morgan fingerprint density at radius 2 is 2.44 bits per heavy atom. The van der Waals surface area contributed by atoms with Gasteiger partial charge in [-0.2, -0.15) is 0 Å². The molecule has 0 aliphatic carbocycles. The summed E-state index contributed by atoms with van der Waals surface area (Å²) >= 11 is 5.52. The van der Waals surface area contributed by atoms with E-state index in [1.54, 1.807) is 6.92 Å². The van der Waals surface area contributed by atoms with Gasteiger partial charge in [0.2, 0.25) is 0 Å². The van der Waals surface area contributed by atoms with E-state index in [-0.39, 0.29) is 5.38 Å². The van der Waals surface area contributed by atoms with E-state index in [1.165, 1.54) is 6.26 Å². The largest absolute Gasteiger partial charge is 0.518 e. The van der Waals surface area contributed by atoms with Crippen LogP contribution in [-0.2, 0) is 0 Å². The third-order valence-electron chi connectivity index (χ3n) is 0.865. The molecular weight excluding hydrogens is 144 g/mol. The maximum atomic E-state index is 10.2. The van der Waals surface area contributed by atoms with Crippen LogP contribution in [0.5, 0.6) is 0 Å². The highest BCUT2D eigenvalue weighted by molar-refractivity contribution is 6.20. The summed E-state index contributed by atoms with van der Waals surface area (Å²) < 4.78 is 8.81. The Kier molecular flexibility index (Phi) is 1.62. The summed E-state index contributed by atoms with van der Waals surface area (Å²) in [6.07, 6.45) is 1.21. The van der Waals surface area contributed by atoms with Gasteiger partial charge in [-0.05, 0) is 6.92 Å². The average Bonchev–Trinajstić information content (AvgIpc) is 2.14. The summed E-state index contributed by atoms with van der Waals surface area (Å²) in [6, 6.07) is 0. The van der Waals surface area contributed by atoms with E-state index >= 15 is 0 Å². The van der Waals surface area contributed by atoms with Crippen molar-refractivity contribution in [3.63, 3.8) is 0 Å². The van der Waals surface area contributed by atoms with E-state index < -0.39 is 5.82 Å². The lowest BCUT2D eigenvalue weighted by Crippen LogP contribution is -1.87. The van der Waals surface area contributed by atoms with Crippen LogP contribution in [0.3, 0.4) is 0 Å². The minimum Gasteiger partial charge on any atom is -0.399 e. The van der Waals surface area contributed by atoms with Crippen LogP contribution >= 0.6 is 11.6 Å². The SMILES string of the molecule is CC(Cl)c1coc(=O)o1. The molecule has 1 aromatic heterocycles. The molecule has 9 heavy (non-hydrogen) atoms. The van der Waals surface area contributed by atoms with E-state index in [0.717, 1.165) is 0 Å². The predicted molar refractivity (Wildman–Crippen MR) is 31.5 cm³/mol. The molecule has 0 amide bonds. The minimum absolute atomic E-state index is 0.309. The molecule has 3 nitrogen and oxygen atoms in total. The Hall–Kier alpha value is -0.700. The molecule has 0 bridgehead atoms. The minimum atomic E-state index is -0.711. The first-order valence-electron chi connectivity index (χ1n) is 2.43. The topological polar surface area (TPSA) is 43.4 Å². The summed E-state index contributed by atoms with van der Waals surface area (Å²) in [5.41, 5.74) is 0. The van der Waals surface area contributed by atoms with Crippen molar-refractivity contribution in [3.8, 4) is 0 Å². The van der Waals surface area contributed by atoms with Crippen molar-refractivity contribution in [2.24, 2.45) is 0 Å². The Balaban J connectivity index is 2.98. The highest BCUT2D eigenvalue weighted by Gasteiger charge is 2.06. The summed E-state index contributed by atoms with van der Waals surface area (Å²) in [6.45, 7) is 1.69. The fourth-order valence-corrected chi connectivity index (χ4v) is 0.521. The van der Waals surface area contributed by atoms with Crippen molar-refractivity contribution in [2.45, 2.75) is 12.3 Å². The van der Waals surface area contributed by atoms with E-state index in [2.05, 4.69) is 8.83 Å². The molecule has 0 saturated heterocycles. The quantitative estimate of drug-likeness (QED) is 0.568. The molecule has 1 atom stereocenters. The third kappa shape index (κ3) is 1.36. The number of alkyl halides is 1. The Bertz CT molecular complexity index is 234. The number of hydrogen-bond acceptors (Lipinski definition) is 3. The van der Waals surface area contributed by atoms with Crippen molar-refractivity contribution in [1.82, 2.24) is 0 Å². The monoisotopic (exact) mass is 148 g/mol. The molecule has 0 aliphatic rings. The maximum absolute atomic E-state index is 10.2. The van der Waals surface area contributed by atoms with Gasteiger partial charge in [-0.15, -0.1) is 11.6 Å². The van der Waals surface area contributed by atoms with Gasteiger partial charge in [0, 0.05) is 0 Å². The second-order valence-electron chi connectivity index (χ2n) is 1.61. The standard InChI is InChI=1S/C5H5ClO3/c1-3(6)4-2-8-5(7)9-4/h2-3H,1H3. The van der Waals surface area contributed by atoms with Gasteiger partial charge in [-0.1, -0.05) is 0 Å². The molecule has 50 valence electrons. The normalized spacial score (nSPS) is 13.6. The molecule has 0 aromatic carbocycles. The van der Waals surface area contributed by atoms with Crippen molar-refractivity contribution < 1.29 is 8.83 Å². The number of halogens is 1. The molecule has 0 radical (unpaired) electrons. The first-order chi connectivity index (χ1) is 4.20. The Morgan fingerprint density at radius 3 is 2.67 bits per heavy atom. The summed E-state index contributed by atoms with van der Waals surface area (Å²) in [5, 5.41) is -0.309. The van der Waals surface area contributed by atoms with Crippen LogP contribution in [0.25, 0.3) is 0 Å². The molecule has 1 aromatic rings. The van der Waals surface area contributed by atoms with Gasteiger partial charge in [0.25, 0.3) is 0 Å². The summed E-state index contributed by atoms with van der Waals surface area (Å²) in [4.78, 5) is 10.2. The van der Waals surface area contributed by atoms with E-state index in [4.69, 9.17) is 11.6 Å². The van der Waals surface area contributed by atoms with Crippen LogP contribution in [0.4, 0.5) is 0 Å². The second kappa shape index (κ2) is 2.27. The number of rotatable bonds is 1. The zero-order valence-electron chi connectivity index (χ0n) is 4.76. The van der Waals surface area contributed by atoms with Gasteiger partial charge in [-0.3, -0.25) is 0 Å². The van der Waals surface area contributed by atoms with Gasteiger partial charge in [0.05, 0.1) is 5.38 Å². The fraction of sp³-hybridized carbons (Fsp3) is 0.400. The highest BCUT2D eigenvalue weighted by atomic mass is 35.5. The number of hydrogen-bond donors (Lipinski definition) is 0. The molecule has 4 heteroatoms. The molecular formula is C5H5ClO3. The van der Waals surface area contributed by atoms with E-state index in [1.807, 2.05) is 0 Å². The van der Waals surface area contributed by atoms with Gasteiger partial charge in [-0.25, -0.2) is 4.79 Å². The van der Waals surface area contributed by atoms with Gasteiger partial charge in [0.15, 0.2) is 5.76 Å². The summed E-state index contributed by atoms with van der Waals surface area (Å²) in [7, 11) is 0. The first kappa shape index (κ1) is 6.42. The molecule has 0 fully saturated rings. The van der Waals surface area contributed by atoms with Crippen molar-refractivity contribution in [1.29, 1.82) is 0 Å². The van der Waals surface area contributed by atoms with Gasteiger partial charge >= 0.3 is 5.82 Å². The van der Waals surface area contributed by atoms with Crippen LogP contribution in [0, 0.1) is 0 Å². The second-order valence-corrected chi connectivity index (χ2v) is 2.26. The molecule has 0 saturated carbocycles. The van der Waals surface area contributed by atoms with Crippen LogP contribution in [0.1, 0.15) is 18.1 Å². The molecule has 0 aliphatic heterocycles. The van der Waals surface area contributed by atoms with Crippen molar-refractivity contribution in [2.75, 3.05) is 0 Å². The lowest BCUT2D eigenvalue weighted by atomic mass is 10.4. The van der Waals surface area contributed by atoms with E-state index in [9.17, 15) is 4.79 Å². The molecule has 1 rings (SSSR count). The Morgan fingerprint density at radius 1 is 1.78 bits per heavy atom. The third-order valence-corrected chi connectivity index (χ3v) is 1.08. The molecule has 0 N–H and O–H groups in total. The maximum Gasteiger partial charge on any atom is 0.518 e. The zero-order valence-corrected chi connectivity index (χ0v) is 5.51. The average molecular weight is 149 g/mol.